The van der Waals surface area contributed by atoms with E-state index in [2.05, 4.69) is 14.8 Å². The van der Waals surface area contributed by atoms with Gasteiger partial charge in [0.05, 0.1) is 0 Å². The van der Waals surface area contributed by atoms with Crippen LogP contribution >= 0.6 is 0 Å². The van der Waals surface area contributed by atoms with Gasteiger partial charge in [0.2, 0.25) is 5.82 Å². The number of amides is 1. The summed E-state index contributed by atoms with van der Waals surface area (Å²) in [4.78, 5) is 21.9. The predicted molar refractivity (Wildman–Crippen MR) is 41.5 cm³/mol. The van der Waals surface area contributed by atoms with E-state index in [0.29, 0.717) is 0 Å². The first-order valence-electron chi connectivity index (χ1n) is 3.75. The van der Waals surface area contributed by atoms with Crippen molar-refractivity contribution in [3.05, 3.63) is 24.3 Å². The third kappa shape index (κ3) is 4.36. The normalized spacial score (nSPS) is 11.1. The highest BCUT2D eigenvalue weighted by molar-refractivity contribution is 5.89. The molecule has 0 spiro atoms. The van der Waals surface area contributed by atoms with Crippen molar-refractivity contribution in [2.45, 2.75) is 6.18 Å². The van der Waals surface area contributed by atoms with Crippen molar-refractivity contribution in [1.82, 2.24) is 15.4 Å². The zero-order valence-electron chi connectivity index (χ0n) is 7.28. The van der Waals surface area contributed by atoms with E-state index in [1.165, 1.54) is 18.5 Å². The second-order valence-electron chi connectivity index (χ2n) is 2.41. The van der Waals surface area contributed by atoms with Gasteiger partial charge in [-0.05, 0) is 6.07 Å². The summed E-state index contributed by atoms with van der Waals surface area (Å²) in [7, 11) is 0. The molecule has 0 atom stereocenters. The molecule has 1 aromatic heterocycles. The van der Waals surface area contributed by atoms with Gasteiger partial charge >= 0.3 is 12.1 Å². The molecule has 1 amide bonds. The van der Waals surface area contributed by atoms with Crippen LogP contribution in [0.2, 0.25) is 0 Å². The van der Waals surface area contributed by atoms with Crippen molar-refractivity contribution in [1.29, 1.82) is 0 Å². The summed E-state index contributed by atoms with van der Waals surface area (Å²) in [5, 5.41) is 0. The largest absolute Gasteiger partial charge is 0.414 e. The van der Waals surface area contributed by atoms with Gasteiger partial charge in [-0.3, -0.25) is 9.63 Å². The van der Waals surface area contributed by atoms with Gasteiger partial charge in [-0.25, -0.2) is 15.4 Å². The van der Waals surface area contributed by atoms with Crippen molar-refractivity contribution in [3.8, 4) is 0 Å². The molecule has 0 fully saturated rings. The number of hydroxylamine groups is 1. The Morgan fingerprint density at radius 2 is 2.00 bits per heavy atom. The monoisotopic (exact) mass is 221 g/mol. The SMILES string of the molecule is O=C(NOCC(F)(F)F)c1ncccn1. The van der Waals surface area contributed by atoms with Crippen molar-refractivity contribution >= 4 is 5.91 Å². The number of nitrogens with zero attached hydrogens (tertiary/aromatic N) is 2. The molecule has 1 N–H and O–H groups in total. The summed E-state index contributed by atoms with van der Waals surface area (Å²) in [6.45, 7) is -1.56. The van der Waals surface area contributed by atoms with E-state index in [-0.39, 0.29) is 5.82 Å². The Morgan fingerprint density at radius 1 is 1.40 bits per heavy atom. The Hall–Kier alpha value is -1.70. The smallest absolute Gasteiger partial charge is 0.264 e. The van der Waals surface area contributed by atoms with Crippen LogP contribution < -0.4 is 5.48 Å². The minimum atomic E-state index is -4.50. The van der Waals surface area contributed by atoms with Gasteiger partial charge < -0.3 is 0 Å². The minimum Gasteiger partial charge on any atom is -0.264 e. The lowest BCUT2D eigenvalue weighted by molar-refractivity contribution is -0.184. The molecule has 8 heteroatoms. The van der Waals surface area contributed by atoms with Crippen LogP contribution in [0.25, 0.3) is 0 Å². The Balaban J connectivity index is 2.38. The van der Waals surface area contributed by atoms with Crippen LogP contribution in [0, 0.1) is 0 Å². The molecule has 0 aliphatic carbocycles. The van der Waals surface area contributed by atoms with Crippen molar-refractivity contribution in [2.24, 2.45) is 0 Å². The number of halogens is 3. The fraction of sp³-hybridized carbons (Fsp3) is 0.286. The molecule has 1 aromatic rings. The Morgan fingerprint density at radius 3 is 2.53 bits per heavy atom. The van der Waals surface area contributed by atoms with Gasteiger partial charge in [-0.1, -0.05) is 0 Å². The molecule has 0 aliphatic rings. The highest BCUT2D eigenvalue weighted by atomic mass is 19.4. The third-order valence-electron chi connectivity index (χ3n) is 1.17. The lowest BCUT2D eigenvalue weighted by Gasteiger charge is -2.07. The van der Waals surface area contributed by atoms with Gasteiger partial charge in [0.25, 0.3) is 0 Å². The zero-order valence-corrected chi connectivity index (χ0v) is 7.28. The van der Waals surface area contributed by atoms with E-state index in [4.69, 9.17) is 0 Å². The van der Waals surface area contributed by atoms with Gasteiger partial charge in [0, 0.05) is 12.4 Å². The molecule has 1 heterocycles. The Labute approximate surface area is 82.2 Å². The van der Waals surface area contributed by atoms with Gasteiger partial charge in [-0.2, -0.15) is 13.2 Å². The maximum absolute atomic E-state index is 11.6. The number of hydrogen-bond donors (Lipinski definition) is 1. The third-order valence-corrected chi connectivity index (χ3v) is 1.17. The average Bonchev–Trinajstić information content (AvgIpc) is 2.17. The fourth-order valence-corrected chi connectivity index (χ4v) is 0.645. The summed E-state index contributed by atoms with van der Waals surface area (Å²) in [5.41, 5.74) is 1.57. The highest BCUT2D eigenvalue weighted by Crippen LogP contribution is 2.13. The van der Waals surface area contributed by atoms with Crippen LogP contribution in [-0.4, -0.2) is 28.7 Å². The standard InChI is InChI=1S/C7H6F3N3O2/c8-7(9,10)4-15-13-6(14)5-11-2-1-3-12-5/h1-3H,4H2,(H,13,14). The van der Waals surface area contributed by atoms with Crippen LogP contribution in [-0.2, 0) is 4.84 Å². The minimum absolute atomic E-state index is 0.264. The van der Waals surface area contributed by atoms with E-state index >= 15 is 0 Å². The van der Waals surface area contributed by atoms with E-state index in [0.717, 1.165) is 0 Å². The molecule has 0 saturated heterocycles. The quantitative estimate of drug-likeness (QED) is 0.763. The number of aromatic nitrogens is 2. The van der Waals surface area contributed by atoms with E-state index in [1.54, 1.807) is 5.48 Å². The highest BCUT2D eigenvalue weighted by Gasteiger charge is 2.28. The summed E-state index contributed by atoms with van der Waals surface area (Å²) >= 11 is 0. The molecular formula is C7H6F3N3O2. The molecular weight excluding hydrogens is 215 g/mol. The molecule has 0 bridgehead atoms. The van der Waals surface area contributed by atoms with E-state index in [1.807, 2.05) is 0 Å². The topological polar surface area (TPSA) is 64.1 Å². The molecule has 0 unspecified atom stereocenters. The molecule has 82 valence electrons. The van der Waals surface area contributed by atoms with Crippen LogP contribution in [0.1, 0.15) is 10.6 Å². The van der Waals surface area contributed by atoms with Crippen molar-refractivity contribution in [3.63, 3.8) is 0 Å². The maximum Gasteiger partial charge on any atom is 0.414 e. The summed E-state index contributed by atoms with van der Waals surface area (Å²) < 4.78 is 34.8. The zero-order chi connectivity index (χ0) is 11.3. The number of carbonyl (C=O) groups excluding carboxylic acids is 1. The first-order chi connectivity index (χ1) is 6.99. The number of alkyl halides is 3. The number of hydrogen-bond acceptors (Lipinski definition) is 4. The summed E-state index contributed by atoms with van der Waals surface area (Å²) in [6, 6.07) is 1.47. The van der Waals surface area contributed by atoms with Crippen LogP contribution in [0.4, 0.5) is 13.2 Å². The lowest BCUT2D eigenvalue weighted by Crippen LogP contribution is -2.30. The fourth-order valence-electron chi connectivity index (χ4n) is 0.645. The second-order valence-corrected chi connectivity index (χ2v) is 2.41. The molecule has 0 aromatic carbocycles. The van der Waals surface area contributed by atoms with E-state index < -0.39 is 18.7 Å². The first-order valence-corrected chi connectivity index (χ1v) is 3.75. The van der Waals surface area contributed by atoms with Crippen molar-refractivity contribution in [2.75, 3.05) is 6.61 Å². The molecule has 0 aliphatic heterocycles. The maximum atomic E-state index is 11.6. The van der Waals surface area contributed by atoms with Gasteiger partial charge in [0.15, 0.2) is 6.61 Å². The molecule has 5 nitrogen and oxygen atoms in total. The van der Waals surface area contributed by atoms with Gasteiger partial charge in [-0.15, -0.1) is 0 Å². The summed E-state index contributed by atoms with van der Waals surface area (Å²) in [5.74, 6) is -1.19. The average molecular weight is 221 g/mol. The van der Waals surface area contributed by atoms with Crippen molar-refractivity contribution < 1.29 is 22.8 Å². The number of carbonyl (C=O) groups is 1. The molecule has 0 radical (unpaired) electrons. The number of rotatable bonds is 3. The number of nitrogens with one attached hydrogen (secondary N) is 1. The second kappa shape index (κ2) is 4.69. The molecule has 15 heavy (non-hydrogen) atoms. The lowest BCUT2D eigenvalue weighted by atomic mass is 10.5. The van der Waals surface area contributed by atoms with Gasteiger partial charge in [0.1, 0.15) is 0 Å². The van der Waals surface area contributed by atoms with Crippen LogP contribution in [0.3, 0.4) is 0 Å². The predicted octanol–water partition coefficient (Wildman–Crippen LogP) is 0.700. The Bertz CT molecular complexity index is 328. The molecule has 0 saturated carbocycles. The summed E-state index contributed by atoms with van der Waals surface area (Å²) in [6.07, 6.45) is -1.93. The molecule has 1 rings (SSSR count). The first kappa shape index (κ1) is 11.4. The Kier molecular flexibility index (Phi) is 3.56. The van der Waals surface area contributed by atoms with Crippen LogP contribution in [0.15, 0.2) is 18.5 Å². The van der Waals surface area contributed by atoms with Crippen LogP contribution in [0.5, 0.6) is 0 Å². The van der Waals surface area contributed by atoms with E-state index in [9.17, 15) is 18.0 Å².